The van der Waals surface area contributed by atoms with E-state index in [1.54, 1.807) is 0 Å². The van der Waals surface area contributed by atoms with Crippen molar-refractivity contribution in [3.63, 3.8) is 0 Å². The third kappa shape index (κ3) is 35.5. The molecule has 0 aromatic rings. The van der Waals surface area contributed by atoms with E-state index in [9.17, 15) is 23.8 Å². The van der Waals surface area contributed by atoms with Crippen molar-refractivity contribution in [2.24, 2.45) is 5.73 Å². The molecule has 0 bridgehead atoms. The summed E-state index contributed by atoms with van der Waals surface area (Å²) in [5.74, 6) is -2.39. The molecule has 59 heavy (non-hydrogen) atoms. The Morgan fingerprint density at radius 2 is 1.07 bits per heavy atom. The zero-order valence-electron chi connectivity index (χ0n) is 37.3. The molecule has 1 aliphatic heterocycles. The molecule has 1 rings (SSSR count). The fourth-order valence-electron chi connectivity index (χ4n) is 7.07. The Morgan fingerprint density at radius 3 is 1.59 bits per heavy atom. The van der Waals surface area contributed by atoms with Crippen LogP contribution in [0, 0.1) is 0 Å². The van der Waals surface area contributed by atoms with Gasteiger partial charge in [-0.2, -0.15) is 0 Å². The van der Waals surface area contributed by atoms with Crippen LogP contribution in [0.15, 0.2) is 12.2 Å². The molecule has 4 N–H and O–H groups in total. The summed E-state index contributed by atoms with van der Waals surface area (Å²) in [6, 6.07) is -1.52. The zero-order chi connectivity index (χ0) is 43.2. The number of aliphatic carboxylic acids is 1. The van der Waals surface area contributed by atoms with Crippen LogP contribution in [0.4, 0.5) is 0 Å². The Bertz CT molecular complexity index is 1120. The van der Waals surface area contributed by atoms with Crippen molar-refractivity contribution in [1.82, 2.24) is 0 Å². The van der Waals surface area contributed by atoms with E-state index in [0.717, 1.165) is 57.8 Å². The first kappa shape index (κ1) is 55.2. The van der Waals surface area contributed by atoms with E-state index in [0.29, 0.717) is 25.0 Å². The van der Waals surface area contributed by atoms with E-state index < -0.39 is 51.1 Å². The van der Waals surface area contributed by atoms with E-state index in [1.807, 2.05) is 0 Å². The molecule has 13 heteroatoms. The second-order valence-corrected chi connectivity index (χ2v) is 18.1. The topological polar surface area (TPSA) is 184 Å². The van der Waals surface area contributed by atoms with Gasteiger partial charge in [-0.05, 0) is 38.5 Å². The van der Waals surface area contributed by atoms with Crippen molar-refractivity contribution in [1.29, 1.82) is 0 Å². The Hall–Kier alpha value is -1.82. The largest absolute Gasteiger partial charge is 0.480 e. The lowest BCUT2D eigenvalue weighted by Gasteiger charge is -2.20. The first-order valence-electron chi connectivity index (χ1n) is 23.8. The Balaban J connectivity index is 2.22. The van der Waals surface area contributed by atoms with Crippen LogP contribution in [0.2, 0.25) is 0 Å². The molecule has 5 atom stereocenters. The molecule has 0 spiro atoms. The minimum atomic E-state index is -4.72. The van der Waals surface area contributed by atoms with Gasteiger partial charge in [0.1, 0.15) is 12.6 Å². The van der Waals surface area contributed by atoms with Gasteiger partial charge in [-0.1, -0.05) is 180 Å². The molecule has 0 aromatic heterocycles. The molecule has 0 saturated carbocycles. The number of nitrogens with two attached hydrogens (primary N) is 1. The summed E-state index contributed by atoms with van der Waals surface area (Å²) in [7, 11) is -4.72. The van der Waals surface area contributed by atoms with Crippen LogP contribution in [-0.2, 0) is 42.2 Å². The van der Waals surface area contributed by atoms with Crippen LogP contribution in [0.25, 0.3) is 0 Å². The second kappa shape index (κ2) is 37.9. The van der Waals surface area contributed by atoms with Gasteiger partial charge >= 0.3 is 25.7 Å². The Labute approximate surface area is 358 Å². The molecule has 1 aliphatic rings. The molecule has 3 unspecified atom stereocenters. The normalized spacial score (nSPS) is 17.2. The number of rotatable bonds is 44. The molecular weight excluding hydrogens is 773 g/mol. The first-order chi connectivity index (χ1) is 28.6. The number of phosphoric acid groups is 1. The number of esters is 2. The molecule has 0 radical (unpaired) electrons. The highest BCUT2D eigenvalue weighted by atomic mass is 31.2. The van der Waals surface area contributed by atoms with E-state index in [2.05, 4.69) is 30.5 Å². The van der Waals surface area contributed by atoms with Crippen molar-refractivity contribution in [3.8, 4) is 0 Å². The van der Waals surface area contributed by atoms with Gasteiger partial charge in [0.2, 0.25) is 0 Å². The van der Waals surface area contributed by atoms with Crippen molar-refractivity contribution in [2.75, 3.05) is 19.8 Å². The van der Waals surface area contributed by atoms with Gasteiger partial charge < -0.3 is 29.9 Å². The van der Waals surface area contributed by atoms with Crippen LogP contribution in [0.3, 0.4) is 0 Å². The number of carbonyl (C=O) groups is 3. The zero-order valence-corrected chi connectivity index (χ0v) is 38.2. The third-order valence-corrected chi connectivity index (χ3v) is 11.9. The van der Waals surface area contributed by atoms with Gasteiger partial charge in [0.25, 0.3) is 0 Å². The summed E-state index contributed by atoms with van der Waals surface area (Å²) in [5, 5.41) is 8.90. The van der Waals surface area contributed by atoms with Gasteiger partial charge in [0.15, 0.2) is 6.10 Å². The predicted octanol–water partition coefficient (Wildman–Crippen LogP) is 11.8. The number of unbranched alkanes of at least 4 members (excludes halogenated alkanes) is 25. The number of hydrogen-bond acceptors (Lipinski definition) is 10. The van der Waals surface area contributed by atoms with E-state index in [-0.39, 0.29) is 19.4 Å². The second-order valence-electron chi connectivity index (χ2n) is 16.6. The van der Waals surface area contributed by atoms with Crippen molar-refractivity contribution in [2.45, 2.75) is 244 Å². The van der Waals surface area contributed by atoms with Crippen molar-refractivity contribution in [3.05, 3.63) is 12.2 Å². The van der Waals surface area contributed by atoms with Gasteiger partial charge in [-0.3, -0.25) is 23.4 Å². The summed E-state index contributed by atoms with van der Waals surface area (Å²) in [4.78, 5) is 46.1. The maximum Gasteiger partial charge on any atom is 0.472 e. The van der Waals surface area contributed by atoms with Crippen LogP contribution < -0.4 is 5.73 Å². The summed E-state index contributed by atoms with van der Waals surface area (Å²) < 4.78 is 38.5. The molecule has 346 valence electrons. The number of hydrogen-bond donors (Lipinski definition) is 3. The Kier molecular flexibility index (Phi) is 35.5. The molecule has 1 heterocycles. The third-order valence-electron chi connectivity index (χ3n) is 10.9. The number of carboxylic acids is 1. The molecule has 12 nitrogen and oxygen atoms in total. The SMILES string of the molecule is CCCCCCCCCCCCCCCCCCCCCC(=O)OC[C@H](COP(=O)(O)OC[C@H](N)C(=O)O)OC(=O)CCCCCCC/C=C\CC1OC1CCCCC. The van der Waals surface area contributed by atoms with E-state index in [4.69, 9.17) is 29.6 Å². The number of phosphoric ester groups is 1. The molecule has 1 saturated heterocycles. The molecule has 0 amide bonds. The van der Waals surface area contributed by atoms with Crippen LogP contribution >= 0.6 is 7.82 Å². The molecule has 0 aliphatic carbocycles. The minimum Gasteiger partial charge on any atom is -0.480 e. The van der Waals surface area contributed by atoms with Crippen LogP contribution in [0.1, 0.15) is 219 Å². The lowest BCUT2D eigenvalue weighted by molar-refractivity contribution is -0.161. The fourth-order valence-corrected chi connectivity index (χ4v) is 7.85. The number of ether oxygens (including phenoxy) is 3. The summed E-state index contributed by atoms with van der Waals surface area (Å²) in [5.41, 5.74) is 5.34. The lowest BCUT2D eigenvalue weighted by atomic mass is 10.0. The smallest absolute Gasteiger partial charge is 0.472 e. The Morgan fingerprint density at radius 1 is 0.610 bits per heavy atom. The number of epoxide rings is 1. The van der Waals surface area contributed by atoms with E-state index in [1.165, 1.54) is 122 Å². The average molecular weight is 860 g/mol. The summed E-state index contributed by atoms with van der Waals surface area (Å²) >= 11 is 0. The highest BCUT2D eigenvalue weighted by Gasteiger charge is 2.36. The summed E-state index contributed by atoms with van der Waals surface area (Å²) in [6.07, 6.45) is 40.1. The highest BCUT2D eigenvalue weighted by Crippen LogP contribution is 2.43. The standard InChI is InChI=1S/C46H86NO11P/c1-3-5-7-8-9-10-11-12-13-14-15-16-17-18-19-20-24-27-31-35-44(48)54-37-40(38-55-59(52,53)56-39-41(47)46(50)51)57-45(49)36-32-28-25-22-21-23-26-30-34-43-42(58-43)33-29-6-4-2/h26,30,40-43H,3-25,27-29,31-39,47H2,1-2H3,(H,50,51)(H,52,53)/b30-26-/t40-,41+,42?,43?/m1/s1. The number of carbonyl (C=O) groups excluding carboxylic acids is 2. The van der Waals surface area contributed by atoms with Crippen LogP contribution in [-0.4, -0.2) is 72.1 Å². The highest BCUT2D eigenvalue weighted by molar-refractivity contribution is 7.47. The molecule has 1 fully saturated rings. The fraction of sp³-hybridized carbons (Fsp3) is 0.891. The van der Waals surface area contributed by atoms with Gasteiger partial charge in [-0.15, -0.1) is 0 Å². The van der Waals surface area contributed by atoms with Crippen LogP contribution in [0.5, 0.6) is 0 Å². The van der Waals surface area contributed by atoms with Gasteiger partial charge in [-0.25, -0.2) is 4.57 Å². The minimum absolute atomic E-state index is 0.144. The predicted molar refractivity (Wildman–Crippen MR) is 235 cm³/mol. The van der Waals surface area contributed by atoms with Crippen molar-refractivity contribution >= 4 is 25.7 Å². The average Bonchev–Trinajstić information content (AvgIpc) is 3.97. The van der Waals surface area contributed by atoms with Gasteiger partial charge in [0, 0.05) is 12.8 Å². The monoisotopic (exact) mass is 860 g/mol. The maximum absolute atomic E-state index is 12.7. The first-order valence-corrected chi connectivity index (χ1v) is 25.3. The number of allylic oxidation sites excluding steroid dienone is 1. The summed E-state index contributed by atoms with van der Waals surface area (Å²) in [6.45, 7) is 2.79. The van der Waals surface area contributed by atoms with E-state index >= 15 is 0 Å². The van der Waals surface area contributed by atoms with Gasteiger partial charge in [0.05, 0.1) is 25.4 Å². The maximum atomic E-state index is 12.7. The quantitative estimate of drug-likeness (QED) is 0.0173. The molecule has 0 aromatic carbocycles. The lowest BCUT2D eigenvalue weighted by Crippen LogP contribution is -2.34. The van der Waals surface area contributed by atoms with Crippen molar-refractivity contribution < 1.29 is 52.2 Å². The molecular formula is C46H86NO11P. The number of carboxylic acid groups (broad SMARTS) is 1.